The molecular formula is C19H28N4O2. The van der Waals surface area contributed by atoms with E-state index >= 15 is 0 Å². The number of methoxy groups -OCH3 is 2. The molecule has 1 unspecified atom stereocenters. The van der Waals surface area contributed by atoms with Gasteiger partial charge in [0.15, 0.2) is 11.5 Å². The molecule has 0 saturated heterocycles. The zero-order valence-corrected chi connectivity index (χ0v) is 15.7. The first-order valence-electron chi connectivity index (χ1n) is 8.62. The Morgan fingerprint density at radius 3 is 2.44 bits per heavy atom. The Kier molecular flexibility index (Phi) is 6.86. The van der Waals surface area contributed by atoms with Crippen LogP contribution in [0.1, 0.15) is 31.7 Å². The van der Waals surface area contributed by atoms with Crippen LogP contribution in [0.5, 0.6) is 11.5 Å². The molecule has 136 valence electrons. The van der Waals surface area contributed by atoms with Crippen molar-refractivity contribution in [1.82, 2.24) is 9.97 Å². The van der Waals surface area contributed by atoms with Gasteiger partial charge >= 0.3 is 0 Å². The fourth-order valence-electron chi connectivity index (χ4n) is 2.46. The molecule has 0 amide bonds. The summed E-state index contributed by atoms with van der Waals surface area (Å²) in [5, 5.41) is 6.76. The van der Waals surface area contributed by atoms with Crippen molar-refractivity contribution >= 4 is 11.6 Å². The molecule has 0 aliphatic rings. The minimum atomic E-state index is 0.383. The Balaban J connectivity index is 1.97. The summed E-state index contributed by atoms with van der Waals surface area (Å²) in [6.45, 7) is 6.96. The monoisotopic (exact) mass is 344 g/mol. The molecule has 0 bridgehead atoms. The van der Waals surface area contributed by atoms with Gasteiger partial charge in [0, 0.05) is 18.7 Å². The Morgan fingerprint density at radius 1 is 1.04 bits per heavy atom. The van der Waals surface area contributed by atoms with Crippen LogP contribution in [0, 0.1) is 6.92 Å². The molecule has 1 aromatic heterocycles. The van der Waals surface area contributed by atoms with E-state index in [-0.39, 0.29) is 0 Å². The molecule has 6 heteroatoms. The van der Waals surface area contributed by atoms with E-state index in [0.717, 1.165) is 48.3 Å². The smallest absolute Gasteiger partial charge is 0.160 e. The van der Waals surface area contributed by atoms with Crippen LogP contribution in [-0.4, -0.2) is 36.8 Å². The molecule has 2 aromatic rings. The molecule has 0 fully saturated rings. The number of nitrogens with zero attached hydrogens (tertiary/aromatic N) is 2. The second kappa shape index (κ2) is 9.11. The highest BCUT2D eigenvalue weighted by Gasteiger charge is 2.06. The predicted molar refractivity (Wildman–Crippen MR) is 102 cm³/mol. The number of hydrogen-bond acceptors (Lipinski definition) is 6. The van der Waals surface area contributed by atoms with E-state index in [1.165, 1.54) is 5.56 Å². The van der Waals surface area contributed by atoms with Gasteiger partial charge in [-0.1, -0.05) is 13.0 Å². The maximum Gasteiger partial charge on any atom is 0.160 e. The molecule has 1 heterocycles. The first-order valence-corrected chi connectivity index (χ1v) is 8.62. The third kappa shape index (κ3) is 5.52. The maximum absolute atomic E-state index is 5.35. The lowest BCUT2D eigenvalue weighted by molar-refractivity contribution is 0.354. The normalized spacial score (nSPS) is 11.7. The highest BCUT2D eigenvalue weighted by Crippen LogP contribution is 2.27. The van der Waals surface area contributed by atoms with Crippen LogP contribution in [0.3, 0.4) is 0 Å². The Hall–Kier alpha value is -2.50. The van der Waals surface area contributed by atoms with Crippen molar-refractivity contribution < 1.29 is 9.47 Å². The molecule has 2 N–H and O–H groups in total. The van der Waals surface area contributed by atoms with Crippen LogP contribution in [0.2, 0.25) is 0 Å². The van der Waals surface area contributed by atoms with E-state index in [4.69, 9.17) is 9.47 Å². The number of hydrogen-bond donors (Lipinski definition) is 2. The van der Waals surface area contributed by atoms with Crippen molar-refractivity contribution in [2.45, 2.75) is 39.7 Å². The zero-order valence-electron chi connectivity index (χ0n) is 15.7. The standard InChI is InChI=1S/C19H28N4O2/c1-6-13(2)21-19-12-18(22-14(3)23-19)20-10-9-15-7-8-16(24-4)17(11-15)25-5/h7-8,11-13H,6,9-10H2,1-5H3,(H2,20,21,22,23). The first kappa shape index (κ1) is 18.8. The first-order chi connectivity index (χ1) is 12.0. The highest BCUT2D eigenvalue weighted by molar-refractivity contribution is 5.48. The molecule has 0 aliphatic carbocycles. The van der Waals surface area contributed by atoms with E-state index in [0.29, 0.717) is 6.04 Å². The Labute approximate surface area is 150 Å². The van der Waals surface area contributed by atoms with E-state index in [1.807, 2.05) is 31.2 Å². The molecular weight excluding hydrogens is 316 g/mol. The summed E-state index contributed by atoms with van der Waals surface area (Å²) in [7, 11) is 3.29. The SMILES string of the molecule is CCC(C)Nc1cc(NCCc2ccc(OC)c(OC)c2)nc(C)n1. The molecule has 0 spiro atoms. The lowest BCUT2D eigenvalue weighted by Gasteiger charge is -2.14. The van der Waals surface area contributed by atoms with Gasteiger partial charge in [-0.2, -0.15) is 0 Å². The van der Waals surface area contributed by atoms with E-state index in [2.05, 4.69) is 34.4 Å². The largest absolute Gasteiger partial charge is 0.493 e. The molecule has 1 aromatic carbocycles. The summed E-state index contributed by atoms with van der Waals surface area (Å²) in [6, 6.07) is 8.31. The molecule has 25 heavy (non-hydrogen) atoms. The Bertz CT molecular complexity index is 691. The fraction of sp³-hybridized carbons (Fsp3) is 0.474. The highest BCUT2D eigenvalue weighted by atomic mass is 16.5. The predicted octanol–water partition coefficient (Wildman–Crippen LogP) is 3.67. The fourth-order valence-corrected chi connectivity index (χ4v) is 2.46. The minimum absolute atomic E-state index is 0.383. The van der Waals surface area contributed by atoms with Gasteiger partial charge in [0.1, 0.15) is 17.5 Å². The van der Waals surface area contributed by atoms with E-state index in [9.17, 15) is 0 Å². The maximum atomic E-state index is 5.35. The van der Waals surface area contributed by atoms with Crippen LogP contribution < -0.4 is 20.1 Å². The molecule has 0 radical (unpaired) electrons. The number of aryl methyl sites for hydroxylation is 1. The second-order valence-corrected chi connectivity index (χ2v) is 6.01. The topological polar surface area (TPSA) is 68.3 Å². The summed E-state index contributed by atoms with van der Waals surface area (Å²) in [6.07, 6.45) is 1.91. The third-order valence-corrected chi connectivity index (χ3v) is 4.01. The van der Waals surface area contributed by atoms with Gasteiger partial charge in [0.05, 0.1) is 14.2 Å². The lowest BCUT2D eigenvalue weighted by atomic mass is 10.1. The Morgan fingerprint density at radius 2 is 1.76 bits per heavy atom. The van der Waals surface area contributed by atoms with Crippen molar-refractivity contribution in [2.24, 2.45) is 0 Å². The van der Waals surface area contributed by atoms with Gasteiger partial charge < -0.3 is 20.1 Å². The van der Waals surface area contributed by atoms with Crippen molar-refractivity contribution in [2.75, 3.05) is 31.4 Å². The average molecular weight is 344 g/mol. The van der Waals surface area contributed by atoms with Gasteiger partial charge in [-0.15, -0.1) is 0 Å². The summed E-state index contributed by atoms with van der Waals surface area (Å²) >= 11 is 0. The number of benzene rings is 1. The third-order valence-electron chi connectivity index (χ3n) is 4.01. The van der Waals surface area contributed by atoms with Gasteiger partial charge in [0.2, 0.25) is 0 Å². The van der Waals surface area contributed by atoms with E-state index in [1.54, 1.807) is 14.2 Å². The van der Waals surface area contributed by atoms with Gasteiger partial charge in [-0.3, -0.25) is 0 Å². The van der Waals surface area contributed by atoms with Crippen molar-refractivity contribution in [1.29, 1.82) is 0 Å². The van der Waals surface area contributed by atoms with Gasteiger partial charge in [0.25, 0.3) is 0 Å². The summed E-state index contributed by atoms with van der Waals surface area (Å²) in [5.41, 5.74) is 1.17. The van der Waals surface area contributed by atoms with Crippen LogP contribution in [-0.2, 0) is 6.42 Å². The second-order valence-electron chi connectivity index (χ2n) is 6.01. The lowest BCUT2D eigenvalue weighted by Crippen LogP contribution is -2.16. The molecule has 2 rings (SSSR count). The van der Waals surface area contributed by atoms with Crippen molar-refractivity contribution in [3.63, 3.8) is 0 Å². The van der Waals surface area contributed by atoms with Crippen LogP contribution >= 0.6 is 0 Å². The van der Waals surface area contributed by atoms with Gasteiger partial charge in [-0.05, 0) is 44.4 Å². The number of rotatable bonds is 9. The average Bonchev–Trinajstić information content (AvgIpc) is 2.61. The minimum Gasteiger partial charge on any atom is -0.493 e. The summed E-state index contributed by atoms with van der Waals surface area (Å²) in [4.78, 5) is 8.89. The van der Waals surface area contributed by atoms with Crippen LogP contribution in [0.15, 0.2) is 24.3 Å². The summed E-state index contributed by atoms with van der Waals surface area (Å²) in [5.74, 6) is 3.93. The van der Waals surface area contributed by atoms with Crippen LogP contribution in [0.4, 0.5) is 11.6 Å². The van der Waals surface area contributed by atoms with E-state index < -0.39 is 0 Å². The molecule has 1 atom stereocenters. The van der Waals surface area contributed by atoms with Crippen molar-refractivity contribution in [3.8, 4) is 11.5 Å². The quantitative estimate of drug-likeness (QED) is 0.723. The number of ether oxygens (including phenoxy) is 2. The zero-order chi connectivity index (χ0) is 18.2. The molecule has 6 nitrogen and oxygen atoms in total. The summed E-state index contributed by atoms with van der Waals surface area (Å²) < 4.78 is 10.6. The number of anilines is 2. The van der Waals surface area contributed by atoms with Crippen molar-refractivity contribution in [3.05, 3.63) is 35.7 Å². The molecule has 0 saturated carbocycles. The van der Waals surface area contributed by atoms with Gasteiger partial charge in [-0.25, -0.2) is 9.97 Å². The number of aromatic nitrogens is 2. The number of nitrogens with one attached hydrogen (secondary N) is 2. The van der Waals surface area contributed by atoms with Crippen LogP contribution in [0.25, 0.3) is 0 Å². The molecule has 0 aliphatic heterocycles.